The summed E-state index contributed by atoms with van der Waals surface area (Å²) in [5.74, 6) is 0.653. The molecule has 3 heterocycles. The Balaban J connectivity index is 1.69. The van der Waals surface area contributed by atoms with E-state index in [1.807, 2.05) is 6.92 Å². The van der Waals surface area contributed by atoms with E-state index in [9.17, 15) is 14.4 Å². The molecule has 1 aromatic carbocycles. The molecule has 168 valence electrons. The molecule has 0 unspecified atom stereocenters. The molecule has 1 N–H and O–H groups in total. The quantitative estimate of drug-likeness (QED) is 0.624. The number of rotatable bonds is 6. The van der Waals surface area contributed by atoms with Crippen LogP contribution in [0.1, 0.15) is 37.8 Å². The van der Waals surface area contributed by atoms with E-state index in [-0.39, 0.29) is 11.4 Å². The second-order valence-electron chi connectivity index (χ2n) is 7.60. The summed E-state index contributed by atoms with van der Waals surface area (Å²) in [6.07, 6.45) is 3.17. The number of aromatic nitrogens is 4. The molecule has 32 heavy (non-hydrogen) atoms. The van der Waals surface area contributed by atoms with Crippen molar-refractivity contribution in [2.45, 2.75) is 52.6 Å². The van der Waals surface area contributed by atoms with Gasteiger partial charge in [0, 0.05) is 24.8 Å². The molecule has 4 rings (SSSR count). The molecule has 1 aliphatic heterocycles. The fourth-order valence-corrected chi connectivity index (χ4v) is 3.88. The lowest BCUT2D eigenvalue weighted by molar-refractivity contribution is -0.116. The molecule has 0 aliphatic carbocycles. The maximum Gasteiger partial charge on any atom is 0.331 e. The van der Waals surface area contributed by atoms with Crippen LogP contribution >= 0.6 is 0 Å². The van der Waals surface area contributed by atoms with Crippen LogP contribution in [0.3, 0.4) is 0 Å². The minimum atomic E-state index is -0.592. The topological polar surface area (TPSA) is 121 Å². The van der Waals surface area contributed by atoms with Crippen LogP contribution in [0.25, 0.3) is 11.4 Å². The van der Waals surface area contributed by atoms with Gasteiger partial charge in [0.15, 0.2) is 0 Å². The van der Waals surface area contributed by atoms with E-state index in [0.29, 0.717) is 42.6 Å². The first-order valence-corrected chi connectivity index (χ1v) is 10.7. The lowest BCUT2D eigenvalue weighted by atomic mass is 10.1. The molecule has 1 amide bonds. The number of carbonyl (C=O) groups is 1. The fraction of sp³-hybridized carbons (Fsp3) is 0.409. The van der Waals surface area contributed by atoms with E-state index >= 15 is 0 Å². The van der Waals surface area contributed by atoms with E-state index in [1.54, 1.807) is 35.8 Å². The average Bonchev–Trinajstić information content (AvgIpc) is 3.04. The molecule has 0 saturated heterocycles. The lowest BCUT2D eigenvalue weighted by Crippen LogP contribution is -2.44. The number of anilines is 1. The van der Waals surface area contributed by atoms with Gasteiger partial charge in [0.05, 0.1) is 6.61 Å². The summed E-state index contributed by atoms with van der Waals surface area (Å²) in [7, 11) is 0. The van der Waals surface area contributed by atoms with Crippen LogP contribution in [0.15, 0.2) is 38.4 Å². The molecule has 0 bridgehead atoms. The predicted molar refractivity (Wildman–Crippen MR) is 117 cm³/mol. The number of nitrogens with one attached hydrogen (secondary N) is 1. The molecule has 0 spiro atoms. The molecule has 10 nitrogen and oxygen atoms in total. The fourth-order valence-electron chi connectivity index (χ4n) is 3.88. The Kier molecular flexibility index (Phi) is 6.20. The summed E-state index contributed by atoms with van der Waals surface area (Å²) < 4.78 is 13.0. The SMILES string of the molecule is CCOc1ccc(NC(=O)Cn2c(=O)c(-c3noc(C)n3)c3n(c2=O)CCCCC3)cc1. The molecule has 0 saturated carbocycles. The van der Waals surface area contributed by atoms with Crippen LogP contribution in [0.2, 0.25) is 0 Å². The first-order chi connectivity index (χ1) is 15.5. The lowest BCUT2D eigenvalue weighted by Gasteiger charge is -2.16. The van der Waals surface area contributed by atoms with E-state index in [2.05, 4.69) is 15.5 Å². The van der Waals surface area contributed by atoms with Gasteiger partial charge in [0.1, 0.15) is 17.9 Å². The maximum atomic E-state index is 13.3. The molecule has 1 aliphatic rings. The van der Waals surface area contributed by atoms with Crippen LogP contribution in [-0.4, -0.2) is 31.8 Å². The van der Waals surface area contributed by atoms with Crippen molar-refractivity contribution < 1.29 is 14.1 Å². The van der Waals surface area contributed by atoms with Gasteiger partial charge >= 0.3 is 5.69 Å². The van der Waals surface area contributed by atoms with Gasteiger partial charge in [-0.1, -0.05) is 11.6 Å². The largest absolute Gasteiger partial charge is 0.494 e. The van der Waals surface area contributed by atoms with Crippen LogP contribution in [0.5, 0.6) is 5.75 Å². The van der Waals surface area contributed by atoms with Gasteiger partial charge in [0.2, 0.25) is 17.6 Å². The molecule has 2 aromatic heterocycles. The number of ether oxygens (including phenoxy) is 1. The highest BCUT2D eigenvalue weighted by Gasteiger charge is 2.25. The van der Waals surface area contributed by atoms with Crippen molar-refractivity contribution in [2.24, 2.45) is 0 Å². The zero-order valence-electron chi connectivity index (χ0n) is 18.1. The second-order valence-corrected chi connectivity index (χ2v) is 7.60. The minimum Gasteiger partial charge on any atom is -0.494 e. The highest BCUT2D eigenvalue weighted by molar-refractivity contribution is 5.90. The zero-order chi connectivity index (χ0) is 22.7. The highest BCUT2D eigenvalue weighted by atomic mass is 16.5. The van der Waals surface area contributed by atoms with E-state index in [4.69, 9.17) is 9.26 Å². The first-order valence-electron chi connectivity index (χ1n) is 10.7. The number of nitrogens with zero attached hydrogens (tertiary/aromatic N) is 4. The normalized spacial score (nSPS) is 13.3. The predicted octanol–water partition coefficient (Wildman–Crippen LogP) is 2.13. The number of amides is 1. The Labute approximate surface area is 183 Å². The minimum absolute atomic E-state index is 0.138. The van der Waals surface area contributed by atoms with Gasteiger partial charge in [0.25, 0.3) is 5.56 Å². The molecular formula is C22H25N5O5. The molecule has 0 atom stereocenters. The summed E-state index contributed by atoms with van der Waals surface area (Å²) >= 11 is 0. The Hall–Kier alpha value is -3.69. The monoisotopic (exact) mass is 439 g/mol. The van der Waals surface area contributed by atoms with Crippen molar-refractivity contribution >= 4 is 11.6 Å². The molecule has 10 heteroatoms. The van der Waals surface area contributed by atoms with Crippen LogP contribution in [0, 0.1) is 6.92 Å². The Morgan fingerprint density at radius 3 is 2.66 bits per heavy atom. The smallest absolute Gasteiger partial charge is 0.331 e. The molecular weight excluding hydrogens is 414 g/mol. The summed E-state index contributed by atoms with van der Waals surface area (Å²) in [4.78, 5) is 43.4. The number of benzene rings is 1. The molecule has 3 aromatic rings. The van der Waals surface area contributed by atoms with Gasteiger partial charge in [-0.3, -0.25) is 18.7 Å². The van der Waals surface area contributed by atoms with Crippen LogP contribution in [-0.2, 0) is 24.3 Å². The van der Waals surface area contributed by atoms with E-state index < -0.39 is 23.7 Å². The van der Waals surface area contributed by atoms with Gasteiger partial charge < -0.3 is 14.6 Å². The van der Waals surface area contributed by atoms with Crippen molar-refractivity contribution in [3.63, 3.8) is 0 Å². The van der Waals surface area contributed by atoms with Crippen molar-refractivity contribution in [3.8, 4) is 17.1 Å². The number of carbonyl (C=O) groups excluding carboxylic acids is 1. The van der Waals surface area contributed by atoms with Crippen molar-refractivity contribution in [1.82, 2.24) is 19.3 Å². The summed E-state index contributed by atoms with van der Waals surface area (Å²) in [5.41, 5.74) is 0.262. The Bertz CT molecular complexity index is 1240. The molecule has 0 radical (unpaired) electrons. The second kappa shape index (κ2) is 9.21. The Morgan fingerprint density at radius 1 is 1.19 bits per heavy atom. The third-order valence-electron chi connectivity index (χ3n) is 5.33. The van der Waals surface area contributed by atoms with Crippen LogP contribution in [0.4, 0.5) is 5.69 Å². The van der Waals surface area contributed by atoms with Crippen LogP contribution < -0.4 is 21.3 Å². The van der Waals surface area contributed by atoms with Gasteiger partial charge in [-0.05, 0) is 50.5 Å². The molecule has 0 fully saturated rings. The van der Waals surface area contributed by atoms with Gasteiger partial charge in [-0.25, -0.2) is 4.79 Å². The third-order valence-corrected chi connectivity index (χ3v) is 5.33. The number of fused-ring (bicyclic) bond motifs is 1. The highest BCUT2D eigenvalue weighted by Crippen LogP contribution is 2.21. The standard InChI is InChI=1S/C22H25N5O5/c1-3-31-16-10-8-15(9-11-16)24-18(28)13-27-21(29)19(20-23-14(2)32-25-20)17-7-5-4-6-12-26(17)22(27)30/h8-11H,3-7,12-13H2,1-2H3,(H,24,28). The maximum absolute atomic E-state index is 13.3. The van der Waals surface area contributed by atoms with E-state index in [1.165, 1.54) is 0 Å². The number of hydrogen-bond donors (Lipinski definition) is 1. The van der Waals surface area contributed by atoms with Gasteiger partial charge in [-0.15, -0.1) is 0 Å². The third kappa shape index (κ3) is 4.34. The average molecular weight is 439 g/mol. The van der Waals surface area contributed by atoms with Crippen molar-refractivity contribution in [3.05, 3.63) is 56.7 Å². The summed E-state index contributed by atoms with van der Waals surface area (Å²) in [6.45, 7) is 4.11. The summed E-state index contributed by atoms with van der Waals surface area (Å²) in [5, 5.41) is 6.62. The first kappa shape index (κ1) is 21.5. The van der Waals surface area contributed by atoms with Crippen molar-refractivity contribution in [1.29, 1.82) is 0 Å². The zero-order valence-corrected chi connectivity index (χ0v) is 18.1. The van der Waals surface area contributed by atoms with Crippen molar-refractivity contribution in [2.75, 3.05) is 11.9 Å². The number of aryl methyl sites for hydroxylation is 1. The van der Waals surface area contributed by atoms with Gasteiger partial charge in [-0.2, -0.15) is 4.98 Å². The number of hydrogen-bond acceptors (Lipinski definition) is 7. The summed E-state index contributed by atoms with van der Waals surface area (Å²) in [6, 6.07) is 6.87. The Morgan fingerprint density at radius 2 is 1.97 bits per heavy atom. The van der Waals surface area contributed by atoms with E-state index in [0.717, 1.165) is 23.8 Å².